The Kier molecular flexibility index (Phi) is 7.24. The van der Waals surface area contributed by atoms with Crippen molar-refractivity contribution in [1.29, 1.82) is 0 Å². The number of benzene rings is 2. The van der Waals surface area contributed by atoms with Gasteiger partial charge in [-0.15, -0.1) is 11.3 Å². The van der Waals surface area contributed by atoms with Gasteiger partial charge in [0.25, 0.3) is 5.56 Å². The second-order valence-electron chi connectivity index (χ2n) is 7.65. The number of hydrogen-bond donors (Lipinski definition) is 2. The quantitative estimate of drug-likeness (QED) is 0.376. The van der Waals surface area contributed by atoms with Crippen molar-refractivity contribution in [2.45, 2.75) is 13.5 Å². The highest BCUT2D eigenvalue weighted by atomic mass is 32.1. The first kappa shape index (κ1) is 23.5. The molecule has 0 aliphatic heterocycles. The average Bonchev–Trinajstić information content (AvgIpc) is 3.29. The van der Waals surface area contributed by atoms with Crippen LogP contribution in [-0.4, -0.2) is 48.1 Å². The van der Waals surface area contributed by atoms with Crippen LogP contribution >= 0.6 is 11.3 Å². The lowest BCUT2D eigenvalue weighted by atomic mass is 10.2. The van der Waals surface area contributed by atoms with E-state index in [1.807, 2.05) is 42.2 Å². The molecule has 176 valence electrons. The van der Waals surface area contributed by atoms with Gasteiger partial charge in [-0.1, -0.05) is 6.92 Å². The molecule has 2 heterocycles. The van der Waals surface area contributed by atoms with Gasteiger partial charge in [0.05, 0.1) is 32.8 Å². The number of anilines is 1. The summed E-state index contributed by atoms with van der Waals surface area (Å²) in [5, 5.41) is 2.88. The smallest absolute Gasteiger partial charge is 0.268 e. The predicted molar refractivity (Wildman–Crippen MR) is 135 cm³/mol. The Labute approximate surface area is 201 Å². The molecule has 2 N–H and O–H groups in total. The zero-order chi connectivity index (χ0) is 24.1. The molecular formula is C25H26N4O4S. The normalized spacial score (nSPS) is 11.1. The number of rotatable bonds is 9. The van der Waals surface area contributed by atoms with Gasteiger partial charge >= 0.3 is 0 Å². The van der Waals surface area contributed by atoms with Gasteiger partial charge < -0.3 is 19.8 Å². The summed E-state index contributed by atoms with van der Waals surface area (Å²) in [5.41, 5.74) is 2.16. The van der Waals surface area contributed by atoms with E-state index in [9.17, 15) is 9.59 Å². The number of nitrogens with zero attached hydrogens (tertiary/aromatic N) is 2. The third-order valence-corrected chi connectivity index (χ3v) is 6.54. The molecule has 34 heavy (non-hydrogen) atoms. The number of aromatic nitrogens is 2. The second-order valence-corrected chi connectivity index (χ2v) is 8.70. The molecule has 0 radical (unpaired) electrons. The van der Waals surface area contributed by atoms with Crippen LogP contribution in [0.15, 0.2) is 59.4 Å². The van der Waals surface area contributed by atoms with Crippen LogP contribution in [0, 0.1) is 0 Å². The van der Waals surface area contributed by atoms with Crippen LogP contribution < -0.4 is 20.3 Å². The van der Waals surface area contributed by atoms with E-state index >= 15 is 0 Å². The number of carbonyl (C=O) groups excluding carboxylic acids is 1. The molecule has 1 amide bonds. The van der Waals surface area contributed by atoms with Gasteiger partial charge in [-0.25, -0.2) is 4.98 Å². The Morgan fingerprint density at radius 3 is 2.32 bits per heavy atom. The number of hydrogen-bond acceptors (Lipinski definition) is 7. The SMILES string of the molecule is CCN(CC(=O)Nc1ccc(OC)cc1)Cc1nc2cc(-c3ccc(OC)cc3)sc2c(=O)[nH]1. The van der Waals surface area contributed by atoms with Crippen molar-refractivity contribution < 1.29 is 14.3 Å². The van der Waals surface area contributed by atoms with Crippen molar-refractivity contribution in [3.8, 4) is 21.9 Å². The Bertz CT molecular complexity index is 1330. The largest absolute Gasteiger partial charge is 0.497 e. The van der Waals surface area contributed by atoms with E-state index in [0.717, 1.165) is 21.9 Å². The van der Waals surface area contributed by atoms with E-state index in [1.54, 1.807) is 38.5 Å². The molecule has 0 saturated carbocycles. The summed E-state index contributed by atoms with van der Waals surface area (Å²) in [6.07, 6.45) is 0. The molecule has 0 unspecified atom stereocenters. The molecule has 2 aromatic carbocycles. The minimum Gasteiger partial charge on any atom is -0.497 e. The molecule has 0 aliphatic carbocycles. The third kappa shape index (κ3) is 5.44. The first-order chi connectivity index (χ1) is 16.5. The first-order valence-electron chi connectivity index (χ1n) is 10.8. The van der Waals surface area contributed by atoms with Crippen molar-refractivity contribution in [3.05, 3.63) is 70.8 Å². The standard InChI is InChI=1S/C25H26N4O4S/c1-4-29(15-23(30)26-17-7-11-19(33-3)12-8-17)14-22-27-20-13-21(34-24(20)25(31)28-22)16-5-9-18(32-2)10-6-16/h5-13H,4,14-15H2,1-3H3,(H,26,30)(H,27,28,31). The van der Waals surface area contributed by atoms with Crippen LogP contribution in [-0.2, 0) is 11.3 Å². The van der Waals surface area contributed by atoms with Crippen molar-refractivity contribution >= 4 is 33.1 Å². The highest BCUT2D eigenvalue weighted by molar-refractivity contribution is 7.22. The summed E-state index contributed by atoms with van der Waals surface area (Å²) in [4.78, 5) is 35.6. The van der Waals surface area contributed by atoms with Crippen molar-refractivity contribution in [1.82, 2.24) is 14.9 Å². The Hall–Kier alpha value is -3.69. The van der Waals surface area contributed by atoms with Crippen LogP contribution in [0.4, 0.5) is 5.69 Å². The maximum atomic E-state index is 12.7. The van der Waals surface area contributed by atoms with Gasteiger partial charge in [-0.2, -0.15) is 0 Å². The van der Waals surface area contributed by atoms with Gasteiger partial charge in [0.2, 0.25) is 5.91 Å². The van der Waals surface area contributed by atoms with Gasteiger partial charge in [0.15, 0.2) is 0 Å². The zero-order valence-corrected chi connectivity index (χ0v) is 20.1. The zero-order valence-electron chi connectivity index (χ0n) is 19.3. The summed E-state index contributed by atoms with van der Waals surface area (Å²) in [7, 11) is 3.22. The fourth-order valence-electron chi connectivity index (χ4n) is 3.53. The van der Waals surface area contributed by atoms with E-state index < -0.39 is 0 Å². The number of fused-ring (bicyclic) bond motifs is 1. The van der Waals surface area contributed by atoms with E-state index in [0.29, 0.717) is 34.8 Å². The number of thiophene rings is 1. The maximum Gasteiger partial charge on any atom is 0.268 e. The Balaban J connectivity index is 1.47. The lowest BCUT2D eigenvalue weighted by Crippen LogP contribution is -2.33. The minimum absolute atomic E-state index is 0.146. The monoisotopic (exact) mass is 478 g/mol. The van der Waals surface area contributed by atoms with Crippen molar-refractivity contribution in [3.63, 3.8) is 0 Å². The number of aromatic amines is 1. The molecule has 0 saturated heterocycles. The van der Waals surface area contributed by atoms with Gasteiger partial charge in [-0.05, 0) is 66.7 Å². The Morgan fingerprint density at radius 2 is 1.71 bits per heavy atom. The van der Waals surface area contributed by atoms with Gasteiger partial charge in [0.1, 0.15) is 22.0 Å². The van der Waals surface area contributed by atoms with Crippen LogP contribution in [0.25, 0.3) is 20.7 Å². The molecule has 4 rings (SSSR count). The number of H-pyrrole nitrogens is 1. The van der Waals surface area contributed by atoms with Gasteiger partial charge in [0, 0.05) is 10.6 Å². The molecule has 0 atom stereocenters. The predicted octanol–water partition coefficient (Wildman–Crippen LogP) is 4.13. The van der Waals surface area contributed by atoms with Crippen molar-refractivity contribution in [2.75, 3.05) is 32.6 Å². The molecule has 0 fully saturated rings. The van der Waals surface area contributed by atoms with Gasteiger partial charge in [-0.3, -0.25) is 14.5 Å². The number of nitrogens with one attached hydrogen (secondary N) is 2. The molecule has 0 spiro atoms. The molecule has 4 aromatic rings. The maximum absolute atomic E-state index is 12.7. The van der Waals surface area contributed by atoms with E-state index in [1.165, 1.54) is 11.3 Å². The fourth-order valence-corrected chi connectivity index (χ4v) is 4.53. The van der Waals surface area contributed by atoms with E-state index in [4.69, 9.17) is 9.47 Å². The lowest BCUT2D eigenvalue weighted by molar-refractivity contribution is -0.117. The first-order valence-corrected chi connectivity index (χ1v) is 11.6. The van der Waals surface area contributed by atoms with E-state index in [-0.39, 0.29) is 18.0 Å². The van der Waals surface area contributed by atoms with Crippen LogP contribution in [0.1, 0.15) is 12.7 Å². The molecule has 8 nitrogen and oxygen atoms in total. The topological polar surface area (TPSA) is 96.6 Å². The molecule has 0 aliphatic rings. The second kappa shape index (κ2) is 10.5. The third-order valence-electron chi connectivity index (χ3n) is 5.37. The number of ether oxygens (including phenoxy) is 2. The Morgan fingerprint density at radius 1 is 1.06 bits per heavy atom. The number of amides is 1. The molecule has 2 aromatic heterocycles. The minimum atomic E-state index is -0.177. The number of methoxy groups -OCH3 is 2. The summed E-state index contributed by atoms with van der Waals surface area (Å²) in [6, 6.07) is 16.8. The van der Waals surface area contributed by atoms with Crippen molar-refractivity contribution in [2.24, 2.45) is 0 Å². The summed E-state index contributed by atoms with van der Waals surface area (Å²) in [6.45, 7) is 3.11. The molecule has 0 bridgehead atoms. The average molecular weight is 479 g/mol. The summed E-state index contributed by atoms with van der Waals surface area (Å²) in [5.74, 6) is 1.88. The van der Waals surface area contributed by atoms with Crippen LogP contribution in [0.5, 0.6) is 11.5 Å². The lowest BCUT2D eigenvalue weighted by Gasteiger charge is -2.19. The summed E-state index contributed by atoms with van der Waals surface area (Å²) < 4.78 is 10.9. The van der Waals surface area contributed by atoms with Crippen LogP contribution in [0.2, 0.25) is 0 Å². The molecule has 9 heteroatoms. The van der Waals surface area contributed by atoms with E-state index in [2.05, 4.69) is 15.3 Å². The molecular weight excluding hydrogens is 452 g/mol. The number of likely N-dealkylation sites (N-methyl/N-ethyl adjacent to an activating group) is 1. The highest BCUT2D eigenvalue weighted by Gasteiger charge is 2.15. The number of carbonyl (C=O) groups is 1. The highest BCUT2D eigenvalue weighted by Crippen LogP contribution is 2.31. The fraction of sp³-hybridized carbons (Fsp3) is 0.240. The van der Waals surface area contributed by atoms with Crippen LogP contribution in [0.3, 0.4) is 0 Å². The summed E-state index contributed by atoms with van der Waals surface area (Å²) >= 11 is 1.40.